The molecule has 0 aliphatic heterocycles. The lowest BCUT2D eigenvalue weighted by molar-refractivity contribution is 0.317. The molecule has 1 aromatic rings. The molecule has 1 aromatic heterocycles. The van der Waals surface area contributed by atoms with Crippen LogP contribution in [0.3, 0.4) is 0 Å². The average molecular weight is 249 g/mol. The van der Waals surface area contributed by atoms with E-state index in [2.05, 4.69) is 48.2 Å². The summed E-state index contributed by atoms with van der Waals surface area (Å²) in [5.41, 5.74) is 2.43. The molecule has 102 valence electrons. The predicted molar refractivity (Wildman–Crippen MR) is 77.5 cm³/mol. The van der Waals surface area contributed by atoms with Crippen molar-refractivity contribution in [1.29, 1.82) is 0 Å². The molecule has 0 bridgehead atoms. The van der Waals surface area contributed by atoms with Crippen LogP contribution in [-0.2, 0) is 13.1 Å². The van der Waals surface area contributed by atoms with Crippen molar-refractivity contribution in [3.8, 4) is 0 Å². The van der Waals surface area contributed by atoms with Crippen LogP contribution in [-0.4, -0.2) is 30.0 Å². The van der Waals surface area contributed by atoms with Crippen molar-refractivity contribution < 1.29 is 0 Å². The van der Waals surface area contributed by atoms with Crippen LogP contribution in [0, 0.1) is 0 Å². The molecule has 0 spiro atoms. The third-order valence-corrected chi connectivity index (χ3v) is 2.97. The quantitative estimate of drug-likeness (QED) is 0.682. The Hall–Kier alpha value is -0.930. The van der Waals surface area contributed by atoms with E-state index in [9.17, 15) is 0 Å². The van der Waals surface area contributed by atoms with Crippen molar-refractivity contribution >= 4 is 0 Å². The third kappa shape index (κ3) is 6.12. The molecule has 0 saturated carbocycles. The van der Waals surface area contributed by atoms with Gasteiger partial charge < -0.3 is 10.2 Å². The van der Waals surface area contributed by atoms with Crippen molar-refractivity contribution in [2.75, 3.05) is 20.1 Å². The van der Waals surface area contributed by atoms with Crippen LogP contribution in [0.15, 0.2) is 18.3 Å². The van der Waals surface area contributed by atoms with Gasteiger partial charge in [-0.25, -0.2) is 0 Å². The summed E-state index contributed by atoms with van der Waals surface area (Å²) in [6.45, 7) is 8.50. The zero-order chi connectivity index (χ0) is 13.2. The van der Waals surface area contributed by atoms with Gasteiger partial charge in [0.1, 0.15) is 0 Å². The van der Waals surface area contributed by atoms with Crippen LogP contribution in [0.5, 0.6) is 0 Å². The second-order valence-electron chi connectivity index (χ2n) is 4.93. The standard InChI is InChI=1S/C15H27N3/c1-4-6-10-18(3)13-15-8-7-14(12-17-15)11-16-9-5-2/h7-8,12,16H,4-6,9-11,13H2,1-3H3. The summed E-state index contributed by atoms with van der Waals surface area (Å²) in [6.07, 6.45) is 5.68. The van der Waals surface area contributed by atoms with Crippen LogP contribution in [0.1, 0.15) is 44.4 Å². The molecule has 1 rings (SSSR count). The van der Waals surface area contributed by atoms with Gasteiger partial charge in [0, 0.05) is 19.3 Å². The number of hydrogen-bond acceptors (Lipinski definition) is 3. The highest BCUT2D eigenvalue weighted by atomic mass is 15.1. The topological polar surface area (TPSA) is 28.2 Å². The van der Waals surface area contributed by atoms with Crippen molar-refractivity contribution in [1.82, 2.24) is 15.2 Å². The zero-order valence-electron chi connectivity index (χ0n) is 12.1. The first-order valence-corrected chi connectivity index (χ1v) is 7.09. The number of aromatic nitrogens is 1. The molecule has 0 atom stereocenters. The molecular weight excluding hydrogens is 222 g/mol. The molecule has 3 heteroatoms. The first-order valence-electron chi connectivity index (χ1n) is 7.09. The number of nitrogens with zero attached hydrogens (tertiary/aromatic N) is 2. The largest absolute Gasteiger partial charge is 0.313 e. The maximum atomic E-state index is 4.52. The van der Waals surface area contributed by atoms with Gasteiger partial charge in [-0.05, 0) is 44.6 Å². The van der Waals surface area contributed by atoms with Crippen LogP contribution >= 0.6 is 0 Å². The molecule has 0 radical (unpaired) electrons. The summed E-state index contributed by atoms with van der Waals surface area (Å²) < 4.78 is 0. The Bertz CT molecular complexity index is 308. The van der Waals surface area contributed by atoms with Crippen molar-refractivity contribution in [3.63, 3.8) is 0 Å². The molecule has 18 heavy (non-hydrogen) atoms. The monoisotopic (exact) mass is 249 g/mol. The van der Waals surface area contributed by atoms with E-state index in [1.165, 1.54) is 24.8 Å². The minimum absolute atomic E-state index is 0.923. The fourth-order valence-corrected chi connectivity index (χ4v) is 1.85. The second-order valence-corrected chi connectivity index (χ2v) is 4.93. The summed E-state index contributed by atoms with van der Waals surface area (Å²) in [4.78, 5) is 6.86. The minimum atomic E-state index is 0.923. The highest BCUT2D eigenvalue weighted by Crippen LogP contribution is 2.04. The van der Waals surface area contributed by atoms with E-state index in [4.69, 9.17) is 0 Å². The van der Waals surface area contributed by atoms with E-state index < -0.39 is 0 Å². The fourth-order valence-electron chi connectivity index (χ4n) is 1.85. The van der Waals surface area contributed by atoms with Gasteiger partial charge >= 0.3 is 0 Å². The van der Waals surface area contributed by atoms with Crippen LogP contribution in [0.4, 0.5) is 0 Å². The van der Waals surface area contributed by atoms with Gasteiger partial charge in [-0.2, -0.15) is 0 Å². The molecule has 0 aliphatic rings. The number of rotatable bonds is 9. The molecule has 0 aromatic carbocycles. The molecule has 0 amide bonds. The Morgan fingerprint density at radius 1 is 1.22 bits per heavy atom. The minimum Gasteiger partial charge on any atom is -0.313 e. The first-order chi connectivity index (χ1) is 8.76. The smallest absolute Gasteiger partial charge is 0.0544 e. The Labute approximate surface area is 112 Å². The second kappa shape index (κ2) is 9.06. The molecule has 0 saturated heterocycles. The van der Waals surface area contributed by atoms with Crippen molar-refractivity contribution in [2.24, 2.45) is 0 Å². The van der Waals surface area contributed by atoms with E-state index in [0.29, 0.717) is 0 Å². The van der Waals surface area contributed by atoms with Gasteiger partial charge in [0.25, 0.3) is 0 Å². The molecule has 0 aliphatic carbocycles. The van der Waals surface area contributed by atoms with Gasteiger partial charge in [-0.1, -0.05) is 26.3 Å². The SMILES string of the molecule is CCCCN(C)Cc1ccc(CNCCC)cn1. The number of pyridine rings is 1. The summed E-state index contributed by atoms with van der Waals surface area (Å²) in [5.74, 6) is 0. The van der Waals surface area contributed by atoms with E-state index in [0.717, 1.165) is 31.9 Å². The fraction of sp³-hybridized carbons (Fsp3) is 0.667. The average Bonchev–Trinajstić information content (AvgIpc) is 2.39. The summed E-state index contributed by atoms with van der Waals surface area (Å²) in [7, 11) is 2.16. The van der Waals surface area contributed by atoms with Gasteiger partial charge in [0.15, 0.2) is 0 Å². The van der Waals surface area contributed by atoms with Gasteiger partial charge in [0.05, 0.1) is 5.69 Å². The molecule has 3 nitrogen and oxygen atoms in total. The predicted octanol–water partition coefficient (Wildman–Crippen LogP) is 2.81. The van der Waals surface area contributed by atoms with Crippen molar-refractivity contribution in [3.05, 3.63) is 29.6 Å². The van der Waals surface area contributed by atoms with Crippen LogP contribution < -0.4 is 5.32 Å². The lowest BCUT2D eigenvalue weighted by Crippen LogP contribution is -2.19. The van der Waals surface area contributed by atoms with E-state index in [1.807, 2.05) is 6.20 Å². The highest BCUT2D eigenvalue weighted by molar-refractivity contribution is 5.13. The van der Waals surface area contributed by atoms with Gasteiger partial charge in [-0.3, -0.25) is 4.98 Å². The highest BCUT2D eigenvalue weighted by Gasteiger charge is 2.01. The molecular formula is C15H27N3. The summed E-state index contributed by atoms with van der Waals surface area (Å²) in [5, 5.41) is 3.39. The Morgan fingerprint density at radius 3 is 2.67 bits per heavy atom. The Kier molecular flexibility index (Phi) is 7.62. The normalized spacial score (nSPS) is 11.1. The Balaban J connectivity index is 2.35. The number of unbranched alkanes of at least 4 members (excludes halogenated alkanes) is 1. The number of hydrogen-bond donors (Lipinski definition) is 1. The van der Waals surface area contributed by atoms with Crippen LogP contribution in [0.2, 0.25) is 0 Å². The maximum absolute atomic E-state index is 4.52. The molecule has 0 fully saturated rings. The molecule has 1 N–H and O–H groups in total. The van der Waals surface area contributed by atoms with Crippen LogP contribution in [0.25, 0.3) is 0 Å². The lowest BCUT2D eigenvalue weighted by atomic mass is 10.2. The van der Waals surface area contributed by atoms with Gasteiger partial charge in [-0.15, -0.1) is 0 Å². The van der Waals surface area contributed by atoms with Gasteiger partial charge in [0.2, 0.25) is 0 Å². The van der Waals surface area contributed by atoms with E-state index >= 15 is 0 Å². The van der Waals surface area contributed by atoms with Crippen molar-refractivity contribution in [2.45, 2.75) is 46.2 Å². The molecule has 1 heterocycles. The van der Waals surface area contributed by atoms with E-state index in [-0.39, 0.29) is 0 Å². The Morgan fingerprint density at radius 2 is 2.06 bits per heavy atom. The number of nitrogens with one attached hydrogen (secondary N) is 1. The maximum Gasteiger partial charge on any atom is 0.0544 e. The third-order valence-electron chi connectivity index (χ3n) is 2.97. The van der Waals surface area contributed by atoms with E-state index in [1.54, 1.807) is 0 Å². The first kappa shape index (κ1) is 15.1. The summed E-state index contributed by atoms with van der Waals surface area (Å²) in [6, 6.07) is 4.32. The summed E-state index contributed by atoms with van der Waals surface area (Å²) >= 11 is 0. The zero-order valence-corrected chi connectivity index (χ0v) is 12.1. The lowest BCUT2D eigenvalue weighted by Gasteiger charge is -2.15. The molecule has 0 unspecified atom stereocenters.